The summed E-state index contributed by atoms with van der Waals surface area (Å²) in [4.78, 5) is 15.2. The number of nitrogen functional groups attached to an aromatic ring is 1. The summed E-state index contributed by atoms with van der Waals surface area (Å²) in [6.07, 6.45) is 1.36. The van der Waals surface area contributed by atoms with Crippen LogP contribution in [-0.4, -0.2) is 25.0 Å². The van der Waals surface area contributed by atoms with Crippen LogP contribution in [0.25, 0.3) is 22.6 Å². The molecule has 0 fully saturated rings. The quantitative estimate of drug-likeness (QED) is 0.601. The molecule has 0 aliphatic rings. The van der Waals surface area contributed by atoms with Gasteiger partial charge >= 0.3 is 0 Å². The van der Waals surface area contributed by atoms with Crippen LogP contribution in [0.15, 0.2) is 24.5 Å². The van der Waals surface area contributed by atoms with Crippen molar-refractivity contribution in [3.05, 3.63) is 30.1 Å². The van der Waals surface area contributed by atoms with Crippen LogP contribution in [0.1, 0.15) is 5.56 Å². The molecule has 4 N–H and O–H groups in total. The van der Waals surface area contributed by atoms with E-state index in [2.05, 4.69) is 19.9 Å². The molecule has 0 aliphatic heterocycles. The molecule has 0 amide bonds. The molecule has 0 saturated heterocycles. The standard InChI is InChI=1S/C12H11N5O/c1-6-2-3-7(8(18)4-6)11-16-9-10(13)14-5-15-12(9)17-11/h2-5,18H,1H3,(H3,13,14,15,16,17). The third kappa shape index (κ3) is 1.55. The molecule has 2 heterocycles. The molecule has 90 valence electrons. The van der Waals surface area contributed by atoms with Gasteiger partial charge in [-0.2, -0.15) is 0 Å². The van der Waals surface area contributed by atoms with Crippen LogP contribution < -0.4 is 5.73 Å². The number of aromatic nitrogens is 4. The maximum atomic E-state index is 9.91. The summed E-state index contributed by atoms with van der Waals surface area (Å²) in [7, 11) is 0. The van der Waals surface area contributed by atoms with Crippen LogP contribution >= 0.6 is 0 Å². The van der Waals surface area contributed by atoms with Gasteiger partial charge in [-0.3, -0.25) is 0 Å². The minimum absolute atomic E-state index is 0.167. The largest absolute Gasteiger partial charge is 0.507 e. The summed E-state index contributed by atoms with van der Waals surface area (Å²) in [5.41, 5.74) is 8.37. The highest BCUT2D eigenvalue weighted by molar-refractivity contribution is 5.84. The molecule has 3 aromatic rings. The predicted octanol–water partition coefficient (Wildman–Crippen LogP) is 1.62. The molecule has 0 saturated carbocycles. The van der Waals surface area contributed by atoms with E-state index in [0.29, 0.717) is 28.4 Å². The fourth-order valence-electron chi connectivity index (χ4n) is 1.82. The highest BCUT2D eigenvalue weighted by Crippen LogP contribution is 2.29. The molecule has 0 aliphatic carbocycles. The minimum Gasteiger partial charge on any atom is -0.507 e. The monoisotopic (exact) mass is 241 g/mol. The van der Waals surface area contributed by atoms with Gasteiger partial charge in [-0.15, -0.1) is 0 Å². The van der Waals surface area contributed by atoms with Gasteiger partial charge in [0.05, 0.1) is 5.56 Å². The van der Waals surface area contributed by atoms with Crippen molar-refractivity contribution < 1.29 is 5.11 Å². The van der Waals surface area contributed by atoms with E-state index in [0.717, 1.165) is 5.56 Å². The predicted molar refractivity (Wildman–Crippen MR) is 67.9 cm³/mol. The van der Waals surface area contributed by atoms with Gasteiger partial charge in [0.2, 0.25) is 0 Å². The van der Waals surface area contributed by atoms with Gasteiger partial charge in [0.15, 0.2) is 11.5 Å². The number of nitrogens with zero attached hydrogens (tertiary/aromatic N) is 3. The summed E-state index contributed by atoms with van der Waals surface area (Å²) in [6, 6.07) is 5.38. The first-order chi connectivity index (χ1) is 8.65. The second-order valence-corrected chi connectivity index (χ2v) is 4.06. The van der Waals surface area contributed by atoms with Crippen molar-refractivity contribution >= 4 is 17.0 Å². The summed E-state index contributed by atoms with van der Waals surface area (Å²) < 4.78 is 0. The normalized spacial score (nSPS) is 10.9. The lowest BCUT2D eigenvalue weighted by molar-refractivity contribution is 0.476. The van der Waals surface area contributed by atoms with E-state index < -0.39 is 0 Å². The van der Waals surface area contributed by atoms with E-state index >= 15 is 0 Å². The van der Waals surface area contributed by atoms with Gasteiger partial charge in [-0.25, -0.2) is 15.0 Å². The Kier molecular flexibility index (Phi) is 2.16. The number of hydrogen-bond donors (Lipinski definition) is 3. The van der Waals surface area contributed by atoms with Crippen molar-refractivity contribution in [2.75, 3.05) is 5.73 Å². The average molecular weight is 241 g/mol. The van der Waals surface area contributed by atoms with Gasteiger partial charge in [0.25, 0.3) is 0 Å². The van der Waals surface area contributed by atoms with Crippen molar-refractivity contribution in [2.45, 2.75) is 6.92 Å². The topological polar surface area (TPSA) is 101 Å². The third-order valence-electron chi connectivity index (χ3n) is 2.73. The Morgan fingerprint density at radius 2 is 2.11 bits per heavy atom. The first kappa shape index (κ1) is 10.5. The highest BCUT2D eigenvalue weighted by atomic mass is 16.3. The minimum atomic E-state index is 0.167. The van der Waals surface area contributed by atoms with Crippen LogP contribution in [0.3, 0.4) is 0 Å². The Bertz CT molecular complexity index is 734. The van der Waals surface area contributed by atoms with Gasteiger partial charge in [0.1, 0.15) is 23.4 Å². The lowest BCUT2D eigenvalue weighted by Gasteiger charge is -2.01. The van der Waals surface area contributed by atoms with E-state index in [-0.39, 0.29) is 5.75 Å². The lowest BCUT2D eigenvalue weighted by atomic mass is 10.1. The van der Waals surface area contributed by atoms with Crippen LogP contribution in [0.5, 0.6) is 5.75 Å². The number of H-pyrrole nitrogens is 1. The molecular weight excluding hydrogens is 230 g/mol. The zero-order valence-electron chi connectivity index (χ0n) is 9.68. The number of rotatable bonds is 1. The summed E-state index contributed by atoms with van der Waals surface area (Å²) in [6.45, 7) is 1.91. The van der Waals surface area contributed by atoms with E-state index in [1.807, 2.05) is 13.0 Å². The number of aryl methyl sites for hydroxylation is 1. The number of phenolic OH excluding ortho intramolecular Hbond substituents is 1. The number of aromatic hydroxyl groups is 1. The van der Waals surface area contributed by atoms with Gasteiger partial charge < -0.3 is 15.8 Å². The maximum absolute atomic E-state index is 9.91. The number of imidazole rings is 1. The van der Waals surface area contributed by atoms with Gasteiger partial charge in [-0.1, -0.05) is 6.07 Å². The Morgan fingerprint density at radius 1 is 1.28 bits per heavy atom. The first-order valence-electron chi connectivity index (χ1n) is 5.41. The Balaban J connectivity index is 2.23. The molecule has 6 nitrogen and oxygen atoms in total. The number of nitrogens with two attached hydrogens (primary N) is 1. The zero-order chi connectivity index (χ0) is 12.7. The molecule has 0 bridgehead atoms. The number of hydrogen-bond acceptors (Lipinski definition) is 5. The second-order valence-electron chi connectivity index (χ2n) is 4.06. The van der Waals surface area contributed by atoms with Crippen LogP contribution in [0, 0.1) is 6.92 Å². The molecule has 0 unspecified atom stereocenters. The SMILES string of the molecule is Cc1ccc(-c2nc3ncnc(N)c3[nH]2)c(O)c1. The van der Waals surface area contributed by atoms with E-state index in [4.69, 9.17) is 5.73 Å². The van der Waals surface area contributed by atoms with Crippen LogP contribution in [-0.2, 0) is 0 Å². The number of phenols is 1. The van der Waals surface area contributed by atoms with E-state index in [1.165, 1.54) is 6.33 Å². The first-order valence-corrected chi connectivity index (χ1v) is 5.41. The maximum Gasteiger partial charge on any atom is 0.183 e. The summed E-state index contributed by atoms with van der Waals surface area (Å²) in [5.74, 6) is 1.03. The fraction of sp³-hybridized carbons (Fsp3) is 0.0833. The highest BCUT2D eigenvalue weighted by Gasteiger charge is 2.12. The molecule has 0 radical (unpaired) electrons. The van der Waals surface area contributed by atoms with Crippen molar-refractivity contribution in [3.8, 4) is 17.1 Å². The van der Waals surface area contributed by atoms with Crippen molar-refractivity contribution in [1.29, 1.82) is 0 Å². The fourth-order valence-corrected chi connectivity index (χ4v) is 1.82. The summed E-state index contributed by atoms with van der Waals surface area (Å²) >= 11 is 0. The number of benzene rings is 1. The molecule has 2 aromatic heterocycles. The van der Waals surface area contributed by atoms with Crippen LogP contribution in [0.4, 0.5) is 5.82 Å². The van der Waals surface area contributed by atoms with Crippen LogP contribution in [0.2, 0.25) is 0 Å². The molecule has 6 heteroatoms. The Labute approximate surface area is 103 Å². The number of aromatic amines is 1. The third-order valence-corrected chi connectivity index (χ3v) is 2.73. The molecule has 0 spiro atoms. The van der Waals surface area contributed by atoms with Gasteiger partial charge in [-0.05, 0) is 24.6 Å². The molecule has 1 aromatic carbocycles. The van der Waals surface area contributed by atoms with E-state index in [9.17, 15) is 5.11 Å². The number of anilines is 1. The lowest BCUT2D eigenvalue weighted by Crippen LogP contribution is -1.91. The Hall–Kier alpha value is -2.63. The summed E-state index contributed by atoms with van der Waals surface area (Å²) in [5, 5.41) is 9.91. The molecular formula is C12H11N5O. The number of nitrogens with one attached hydrogen (secondary N) is 1. The Morgan fingerprint density at radius 3 is 2.83 bits per heavy atom. The smallest absolute Gasteiger partial charge is 0.183 e. The average Bonchev–Trinajstić information content (AvgIpc) is 2.74. The van der Waals surface area contributed by atoms with E-state index in [1.54, 1.807) is 12.1 Å². The molecule has 0 atom stereocenters. The number of fused-ring (bicyclic) bond motifs is 1. The molecule has 18 heavy (non-hydrogen) atoms. The molecule has 3 rings (SSSR count). The zero-order valence-corrected chi connectivity index (χ0v) is 9.68. The van der Waals surface area contributed by atoms with Crippen molar-refractivity contribution in [3.63, 3.8) is 0 Å². The van der Waals surface area contributed by atoms with Crippen molar-refractivity contribution in [1.82, 2.24) is 19.9 Å². The van der Waals surface area contributed by atoms with Gasteiger partial charge in [0, 0.05) is 0 Å². The van der Waals surface area contributed by atoms with Crippen molar-refractivity contribution in [2.24, 2.45) is 0 Å². The second kappa shape index (κ2) is 3.69.